The lowest BCUT2D eigenvalue weighted by molar-refractivity contribution is 0.418. The van der Waals surface area contributed by atoms with Gasteiger partial charge in [0.2, 0.25) is 5.95 Å². The van der Waals surface area contributed by atoms with Crippen molar-refractivity contribution in [3.05, 3.63) is 11.8 Å². The van der Waals surface area contributed by atoms with Gasteiger partial charge in [0.05, 0.1) is 5.69 Å². The molecule has 3 heterocycles. The zero-order chi connectivity index (χ0) is 14.3. The highest BCUT2D eigenvalue weighted by Gasteiger charge is 2.40. The summed E-state index contributed by atoms with van der Waals surface area (Å²) < 4.78 is 0. The SMILES string of the molecule is Nc1nc(C2CCCC2)cc(N2CC[C@@]3(CCCN3)C2)n1. The van der Waals surface area contributed by atoms with Crippen molar-refractivity contribution in [1.82, 2.24) is 15.3 Å². The van der Waals surface area contributed by atoms with E-state index in [-0.39, 0.29) is 0 Å². The quantitative estimate of drug-likeness (QED) is 0.871. The summed E-state index contributed by atoms with van der Waals surface area (Å²) >= 11 is 0. The number of aromatic nitrogens is 2. The van der Waals surface area contributed by atoms with E-state index in [1.165, 1.54) is 44.9 Å². The van der Waals surface area contributed by atoms with Gasteiger partial charge in [-0.25, -0.2) is 4.98 Å². The number of hydrogen-bond acceptors (Lipinski definition) is 5. The lowest BCUT2D eigenvalue weighted by Gasteiger charge is -2.25. The first-order valence-corrected chi connectivity index (χ1v) is 8.39. The fourth-order valence-electron chi connectivity index (χ4n) is 4.35. The third kappa shape index (κ3) is 2.48. The normalized spacial score (nSPS) is 29.8. The number of rotatable bonds is 2. The van der Waals surface area contributed by atoms with Crippen LogP contribution in [0.3, 0.4) is 0 Å². The first-order chi connectivity index (χ1) is 10.2. The Labute approximate surface area is 126 Å². The topological polar surface area (TPSA) is 67.1 Å². The summed E-state index contributed by atoms with van der Waals surface area (Å²) in [5, 5.41) is 3.70. The predicted octanol–water partition coefficient (Wildman–Crippen LogP) is 2.05. The van der Waals surface area contributed by atoms with E-state index in [0.29, 0.717) is 17.4 Å². The van der Waals surface area contributed by atoms with Gasteiger partial charge in [0.15, 0.2) is 0 Å². The van der Waals surface area contributed by atoms with Gasteiger partial charge in [-0.05, 0) is 38.6 Å². The molecule has 3 fully saturated rings. The monoisotopic (exact) mass is 287 g/mol. The van der Waals surface area contributed by atoms with Crippen LogP contribution in [0.5, 0.6) is 0 Å². The standard InChI is InChI=1S/C16H25N5/c17-15-19-13(12-4-1-2-5-12)10-14(20-15)21-9-7-16(11-21)6-3-8-18-16/h10,12,18H,1-9,11H2,(H2,17,19,20)/t16-/m0/s1. The zero-order valence-corrected chi connectivity index (χ0v) is 12.6. The molecule has 0 bridgehead atoms. The Balaban J connectivity index is 1.57. The van der Waals surface area contributed by atoms with E-state index in [9.17, 15) is 0 Å². The van der Waals surface area contributed by atoms with Crippen molar-refractivity contribution in [1.29, 1.82) is 0 Å². The van der Waals surface area contributed by atoms with Gasteiger partial charge in [-0.2, -0.15) is 4.98 Å². The van der Waals surface area contributed by atoms with Crippen molar-refractivity contribution >= 4 is 11.8 Å². The first kappa shape index (κ1) is 13.3. The Morgan fingerprint density at radius 3 is 2.81 bits per heavy atom. The van der Waals surface area contributed by atoms with Crippen molar-refractivity contribution < 1.29 is 0 Å². The van der Waals surface area contributed by atoms with Crippen LogP contribution in [0.4, 0.5) is 11.8 Å². The fourth-order valence-corrected chi connectivity index (χ4v) is 4.35. The molecule has 5 heteroatoms. The zero-order valence-electron chi connectivity index (χ0n) is 12.6. The van der Waals surface area contributed by atoms with E-state index in [1.54, 1.807) is 0 Å². The molecule has 5 nitrogen and oxygen atoms in total. The van der Waals surface area contributed by atoms with Gasteiger partial charge in [-0.1, -0.05) is 12.8 Å². The molecular weight excluding hydrogens is 262 g/mol. The number of nitrogens with two attached hydrogens (primary N) is 1. The smallest absolute Gasteiger partial charge is 0.222 e. The molecule has 1 saturated carbocycles. The van der Waals surface area contributed by atoms with Crippen LogP contribution in [0.2, 0.25) is 0 Å². The summed E-state index contributed by atoms with van der Waals surface area (Å²) in [6.07, 6.45) is 8.95. The lowest BCUT2D eigenvalue weighted by atomic mass is 9.97. The van der Waals surface area contributed by atoms with Crippen LogP contribution < -0.4 is 16.0 Å². The minimum atomic E-state index is 0.327. The third-order valence-electron chi connectivity index (χ3n) is 5.53. The van der Waals surface area contributed by atoms with Gasteiger partial charge in [0.25, 0.3) is 0 Å². The second-order valence-corrected chi connectivity index (χ2v) is 6.97. The molecule has 1 aromatic heterocycles. The Morgan fingerprint density at radius 1 is 1.19 bits per heavy atom. The predicted molar refractivity (Wildman–Crippen MR) is 84.5 cm³/mol. The summed E-state index contributed by atoms with van der Waals surface area (Å²) in [5.74, 6) is 2.07. The van der Waals surface area contributed by atoms with Gasteiger partial charge < -0.3 is 16.0 Å². The lowest BCUT2D eigenvalue weighted by Crippen LogP contribution is -2.42. The molecule has 2 aliphatic heterocycles. The molecule has 1 aliphatic carbocycles. The van der Waals surface area contributed by atoms with Gasteiger partial charge in [-0.3, -0.25) is 0 Å². The summed E-state index contributed by atoms with van der Waals surface area (Å²) in [5.41, 5.74) is 7.46. The molecule has 3 N–H and O–H groups in total. The molecule has 0 amide bonds. The number of nitrogens with zero attached hydrogens (tertiary/aromatic N) is 3. The number of nitrogen functional groups attached to an aromatic ring is 1. The molecule has 0 unspecified atom stereocenters. The summed E-state index contributed by atoms with van der Waals surface area (Å²) in [6, 6.07) is 2.19. The average molecular weight is 287 g/mol. The third-order valence-corrected chi connectivity index (χ3v) is 5.53. The van der Waals surface area contributed by atoms with Crippen molar-refractivity contribution in [2.75, 3.05) is 30.3 Å². The summed E-state index contributed by atoms with van der Waals surface area (Å²) in [7, 11) is 0. The van der Waals surface area contributed by atoms with Crippen LogP contribution in [0.1, 0.15) is 56.6 Å². The van der Waals surface area contributed by atoms with E-state index >= 15 is 0 Å². The Kier molecular flexibility index (Phi) is 3.25. The van der Waals surface area contributed by atoms with Crippen LogP contribution in [-0.4, -0.2) is 35.1 Å². The van der Waals surface area contributed by atoms with Crippen LogP contribution in [0.25, 0.3) is 0 Å². The van der Waals surface area contributed by atoms with E-state index in [2.05, 4.69) is 26.3 Å². The molecule has 21 heavy (non-hydrogen) atoms. The molecular formula is C16H25N5. The number of hydrogen-bond donors (Lipinski definition) is 2. The largest absolute Gasteiger partial charge is 0.368 e. The van der Waals surface area contributed by atoms with Crippen LogP contribution in [0.15, 0.2) is 6.07 Å². The molecule has 1 spiro atoms. The second-order valence-electron chi connectivity index (χ2n) is 6.97. The highest BCUT2D eigenvalue weighted by Crippen LogP contribution is 2.36. The fraction of sp³-hybridized carbons (Fsp3) is 0.750. The molecule has 4 rings (SSSR count). The van der Waals surface area contributed by atoms with Gasteiger partial charge >= 0.3 is 0 Å². The molecule has 1 aromatic rings. The summed E-state index contributed by atoms with van der Waals surface area (Å²) in [6.45, 7) is 3.30. The van der Waals surface area contributed by atoms with Crippen molar-refractivity contribution in [2.24, 2.45) is 0 Å². The molecule has 0 radical (unpaired) electrons. The average Bonchev–Trinajstić information content (AvgIpc) is 3.22. The van der Waals surface area contributed by atoms with E-state index in [4.69, 9.17) is 5.73 Å². The molecule has 3 aliphatic rings. The number of anilines is 2. The van der Waals surface area contributed by atoms with Crippen molar-refractivity contribution in [3.63, 3.8) is 0 Å². The van der Waals surface area contributed by atoms with Crippen LogP contribution in [-0.2, 0) is 0 Å². The molecule has 114 valence electrons. The highest BCUT2D eigenvalue weighted by atomic mass is 15.3. The minimum absolute atomic E-state index is 0.327. The number of nitrogens with one attached hydrogen (secondary N) is 1. The molecule has 2 saturated heterocycles. The van der Waals surface area contributed by atoms with Crippen LogP contribution >= 0.6 is 0 Å². The van der Waals surface area contributed by atoms with E-state index in [1.807, 2.05) is 0 Å². The molecule has 0 aromatic carbocycles. The maximum absolute atomic E-state index is 5.98. The Hall–Kier alpha value is -1.36. The van der Waals surface area contributed by atoms with Gasteiger partial charge in [0.1, 0.15) is 5.82 Å². The van der Waals surface area contributed by atoms with E-state index in [0.717, 1.165) is 31.1 Å². The second kappa shape index (κ2) is 5.13. The summed E-state index contributed by atoms with van der Waals surface area (Å²) in [4.78, 5) is 11.4. The molecule has 1 atom stereocenters. The Morgan fingerprint density at radius 2 is 2.05 bits per heavy atom. The minimum Gasteiger partial charge on any atom is -0.368 e. The van der Waals surface area contributed by atoms with Crippen molar-refractivity contribution in [2.45, 2.75) is 56.4 Å². The van der Waals surface area contributed by atoms with Gasteiger partial charge in [-0.15, -0.1) is 0 Å². The maximum atomic E-state index is 5.98. The first-order valence-electron chi connectivity index (χ1n) is 8.39. The maximum Gasteiger partial charge on any atom is 0.222 e. The highest BCUT2D eigenvalue weighted by molar-refractivity contribution is 5.46. The Bertz CT molecular complexity index is 517. The van der Waals surface area contributed by atoms with Crippen LogP contribution in [0, 0.1) is 0 Å². The van der Waals surface area contributed by atoms with Gasteiger partial charge in [0, 0.05) is 30.6 Å². The van der Waals surface area contributed by atoms with Crippen molar-refractivity contribution in [3.8, 4) is 0 Å². The van der Waals surface area contributed by atoms with E-state index < -0.39 is 0 Å².